The van der Waals surface area contributed by atoms with Crippen molar-refractivity contribution in [3.05, 3.63) is 34.7 Å². The molecule has 1 aromatic heterocycles. The predicted octanol–water partition coefficient (Wildman–Crippen LogP) is 3.06. The Morgan fingerprint density at radius 3 is 2.71 bits per heavy atom. The fourth-order valence-electron chi connectivity index (χ4n) is 2.14. The highest BCUT2D eigenvalue weighted by Gasteiger charge is 2.20. The van der Waals surface area contributed by atoms with Crippen LogP contribution < -0.4 is 10.6 Å². The molecule has 1 aliphatic carbocycles. The van der Waals surface area contributed by atoms with Crippen LogP contribution in [0, 0.1) is 12.8 Å². The van der Waals surface area contributed by atoms with Crippen LogP contribution in [0.3, 0.4) is 0 Å². The van der Waals surface area contributed by atoms with E-state index >= 15 is 0 Å². The number of benzene rings is 1. The zero-order chi connectivity index (χ0) is 14.7. The number of anilines is 1. The second-order valence-corrected chi connectivity index (χ2v) is 6.51. The largest absolute Gasteiger partial charge is 0.325 e. The fourth-order valence-corrected chi connectivity index (χ4v) is 2.76. The molecule has 110 valence electrons. The quantitative estimate of drug-likeness (QED) is 0.862. The van der Waals surface area contributed by atoms with Gasteiger partial charge in [-0.15, -0.1) is 11.3 Å². The summed E-state index contributed by atoms with van der Waals surface area (Å²) in [5.41, 5.74) is 2.88. The fraction of sp³-hybridized carbons (Fsp3) is 0.375. The van der Waals surface area contributed by atoms with Gasteiger partial charge in [-0.2, -0.15) is 0 Å². The lowest BCUT2D eigenvalue weighted by Crippen LogP contribution is -2.29. The first-order valence-corrected chi connectivity index (χ1v) is 8.12. The summed E-state index contributed by atoms with van der Waals surface area (Å²) in [5.74, 6) is 0.798. The molecule has 2 N–H and O–H groups in total. The molecule has 0 unspecified atom stereocenters. The number of nitrogens with one attached hydrogen (secondary N) is 2. The average molecular weight is 301 g/mol. The summed E-state index contributed by atoms with van der Waals surface area (Å²) in [6.45, 7) is 3.33. The van der Waals surface area contributed by atoms with Crippen LogP contribution in [0.2, 0.25) is 0 Å². The first kappa shape index (κ1) is 14.2. The lowest BCUT2D eigenvalue weighted by atomic mass is 10.1. The van der Waals surface area contributed by atoms with Crippen LogP contribution in [0.4, 0.5) is 5.69 Å². The molecule has 1 saturated carbocycles. The van der Waals surface area contributed by atoms with Gasteiger partial charge in [0.05, 0.1) is 17.2 Å². The molecule has 2 aromatic rings. The number of hydrogen-bond donors (Lipinski definition) is 2. The summed E-state index contributed by atoms with van der Waals surface area (Å²) < 4.78 is 0. The molecule has 1 amide bonds. The second-order valence-electron chi connectivity index (χ2n) is 5.45. The third-order valence-corrected chi connectivity index (χ3v) is 4.27. The van der Waals surface area contributed by atoms with Gasteiger partial charge in [-0.05, 0) is 44.4 Å². The minimum absolute atomic E-state index is 0.00732. The molecule has 0 saturated heterocycles. The molecule has 0 spiro atoms. The molecule has 1 aliphatic rings. The van der Waals surface area contributed by atoms with Crippen LogP contribution in [-0.2, 0) is 4.79 Å². The van der Waals surface area contributed by atoms with E-state index in [2.05, 4.69) is 15.6 Å². The Morgan fingerprint density at radius 2 is 2.10 bits per heavy atom. The lowest BCUT2D eigenvalue weighted by molar-refractivity contribution is -0.115. The van der Waals surface area contributed by atoms with Gasteiger partial charge >= 0.3 is 0 Å². The maximum atomic E-state index is 11.8. The molecule has 1 fully saturated rings. The summed E-state index contributed by atoms with van der Waals surface area (Å²) in [5, 5.41) is 9.19. The second kappa shape index (κ2) is 6.37. The van der Waals surface area contributed by atoms with Gasteiger partial charge in [0.25, 0.3) is 0 Å². The summed E-state index contributed by atoms with van der Waals surface area (Å²) in [4.78, 5) is 16.2. The van der Waals surface area contributed by atoms with Gasteiger partial charge in [0.2, 0.25) is 5.91 Å². The molecule has 3 rings (SSSR count). The number of rotatable bonds is 6. The highest BCUT2D eigenvalue weighted by molar-refractivity contribution is 7.09. The van der Waals surface area contributed by atoms with Gasteiger partial charge in [-0.1, -0.05) is 12.1 Å². The van der Waals surface area contributed by atoms with Gasteiger partial charge < -0.3 is 10.6 Å². The third-order valence-electron chi connectivity index (χ3n) is 3.50. The maximum Gasteiger partial charge on any atom is 0.238 e. The van der Waals surface area contributed by atoms with Crippen LogP contribution >= 0.6 is 11.3 Å². The molecule has 4 nitrogen and oxygen atoms in total. The van der Waals surface area contributed by atoms with Gasteiger partial charge in [0, 0.05) is 16.6 Å². The Kier molecular flexibility index (Phi) is 4.31. The van der Waals surface area contributed by atoms with Crippen molar-refractivity contribution in [1.82, 2.24) is 10.3 Å². The zero-order valence-electron chi connectivity index (χ0n) is 12.1. The minimum Gasteiger partial charge on any atom is -0.325 e. The topological polar surface area (TPSA) is 54.0 Å². The molecular formula is C16H19N3OS. The molecule has 21 heavy (non-hydrogen) atoms. The summed E-state index contributed by atoms with van der Waals surface area (Å²) in [6, 6.07) is 7.81. The Hall–Kier alpha value is -1.72. The Bertz CT molecular complexity index is 617. The van der Waals surface area contributed by atoms with Crippen LogP contribution in [0.15, 0.2) is 29.6 Å². The summed E-state index contributed by atoms with van der Waals surface area (Å²) in [7, 11) is 0. The first-order valence-electron chi connectivity index (χ1n) is 7.24. The van der Waals surface area contributed by atoms with E-state index in [1.54, 1.807) is 11.3 Å². The Morgan fingerprint density at radius 1 is 1.33 bits per heavy atom. The van der Waals surface area contributed by atoms with Crippen LogP contribution in [0.5, 0.6) is 0 Å². The van der Waals surface area contributed by atoms with E-state index in [0.29, 0.717) is 6.54 Å². The molecule has 0 bridgehead atoms. The highest BCUT2D eigenvalue weighted by Crippen LogP contribution is 2.27. The monoisotopic (exact) mass is 301 g/mol. The minimum atomic E-state index is 0.00732. The van der Waals surface area contributed by atoms with Gasteiger partial charge in [0.15, 0.2) is 0 Å². The van der Waals surface area contributed by atoms with Crippen molar-refractivity contribution in [3.8, 4) is 11.3 Å². The van der Waals surface area contributed by atoms with Crippen molar-refractivity contribution in [2.24, 2.45) is 5.92 Å². The summed E-state index contributed by atoms with van der Waals surface area (Å²) >= 11 is 1.64. The number of nitrogens with zero attached hydrogens (tertiary/aromatic N) is 1. The van der Waals surface area contributed by atoms with Crippen molar-refractivity contribution in [1.29, 1.82) is 0 Å². The van der Waals surface area contributed by atoms with E-state index in [-0.39, 0.29) is 5.91 Å². The molecular weight excluding hydrogens is 282 g/mol. The van der Waals surface area contributed by atoms with Crippen LogP contribution in [0.1, 0.15) is 17.8 Å². The zero-order valence-corrected chi connectivity index (χ0v) is 12.9. The maximum absolute atomic E-state index is 11.8. The van der Waals surface area contributed by atoms with E-state index in [0.717, 1.165) is 34.4 Å². The SMILES string of the molecule is Cc1nc(-c2ccc(NC(=O)CNCC3CC3)cc2)cs1. The number of amides is 1. The number of hydrogen-bond acceptors (Lipinski definition) is 4. The number of aryl methyl sites for hydroxylation is 1. The molecule has 1 heterocycles. The van der Waals surface area contributed by atoms with E-state index in [1.165, 1.54) is 12.8 Å². The van der Waals surface area contributed by atoms with Crippen LogP contribution in [0.25, 0.3) is 11.3 Å². The van der Waals surface area contributed by atoms with E-state index in [1.807, 2.05) is 36.6 Å². The lowest BCUT2D eigenvalue weighted by Gasteiger charge is -2.07. The van der Waals surface area contributed by atoms with Crippen molar-refractivity contribution < 1.29 is 4.79 Å². The smallest absolute Gasteiger partial charge is 0.238 e. The normalized spacial score (nSPS) is 14.1. The van der Waals surface area contributed by atoms with Crippen molar-refractivity contribution in [2.75, 3.05) is 18.4 Å². The molecule has 0 atom stereocenters. The standard InChI is InChI=1S/C16H19N3OS/c1-11-18-15(10-21-11)13-4-6-14(7-5-13)19-16(20)9-17-8-12-2-3-12/h4-7,10,12,17H,2-3,8-9H2,1H3,(H,19,20). The number of carbonyl (C=O) groups is 1. The van der Waals surface area contributed by atoms with E-state index in [9.17, 15) is 4.79 Å². The van der Waals surface area contributed by atoms with Crippen molar-refractivity contribution >= 4 is 22.9 Å². The average Bonchev–Trinajstić information content (AvgIpc) is 3.19. The molecule has 0 aliphatic heterocycles. The van der Waals surface area contributed by atoms with E-state index < -0.39 is 0 Å². The molecule has 5 heteroatoms. The highest BCUT2D eigenvalue weighted by atomic mass is 32.1. The van der Waals surface area contributed by atoms with Gasteiger partial charge in [0.1, 0.15) is 0 Å². The first-order chi connectivity index (χ1) is 10.2. The third kappa shape index (κ3) is 4.12. The van der Waals surface area contributed by atoms with Crippen molar-refractivity contribution in [3.63, 3.8) is 0 Å². The van der Waals surface area contributed by atoms with E-state index in [4.69, 9.17) is 0 Å². The summed E-state index contributed by atoms with van der Waals surface area (Å²) in [6.07, 6.45) is 2.60. The number of aromatic nitrogens is 1. The number of carbonyl (C=O) groups excluding carboxylic acids is 1. The van der Waals surface area contributed by atoms with Gasteiger partial charge in [-0.25, -0.2) is 4.98 Å². The number of thiazole rings is 1. The predicted molar refractivity (Wildman–Crippen MR) is 86.5 cm³/mol. The molecule has 0 radical (unpaired) electrons. The van der Waals surface area contributed by atoms with Crippen molar-refractivity contribution in [2.45, 2.75) is 19.8 Å². The Balaban J connectivity index is 1.52. The molecule has 1 aromatic carbocycles. The van der Waals surface area contributed by atoms with Gasteiger partial charge in [-0.3, -0.25) is 4.79 Å². The van der Waals surface area contributed by atoms with Crippen LogP contribution in [-0.4, -0.2) is 24.0 Å². The Labute approximate surface area is 128 Å².